The molecule has 1 atom stereocenters. The van der Waals surface area contributed by atoms with E-state index in [2.05, 4.69) is 15.5 Å². The Balaban J connectivity index is 0.00000208. The number of benzene rings is 1. The van der Waals surface area contributed by atoms with E-state index in [1.165, 1.54) is 6.07 Å². The van der Waals surface area contributed by atoms with Crippen LogP contribution in [0.15, 0.2) is 22.7 Å². The van der Waals surface area contributed by atoms with Crippen molar-refractivity contribution in [1.82, 2.24) is 15.5 Å². The number of hydrogen-bond donors (Lipinski definition) is 1. The van der Waals surface area contributed by atoms with Crippen LogP contribution in [0.1, 0.15) is 25.6 Å². The summed E-state index contributed by atoms with van der Waals surface area (Å²) in [5, 5.41) is 6.98. The van der Waals surface area contributed by atoms with Crippen LogP contribution >= 0.6 is 12.4 Å². The van der Waals surface area contributed by atoms with E-state index in [0.717, 1.165) is 6.42 Å². The summed E-state index contributed by atoms with van der Waals surface area (Å²) in [4.78, 5) is 17.8. The summed E-state index contributed by atoms with van der Waals surface area (Å²) in [6.45, 7) is 2.65. The molecule has 1 fully saturated rings. The van der Waals surface area contributed by atoms with Crippen LogP contribution in [0.2, 0.25) is 0 Å². The Morgan fingerprint density at radius 1 is 1.46 bits per heavy atom. The van der Waals surface area contributed by atoms with Gasteiger partial charge in [0.1, 0.15) is 5.82 Å². The van der Waals surface area contributed by atoms with Crippen LogP contribution in [-0.4, -0.2) is 35.7 Å². The van der Waals surface area contributed by atoms with E-state index >= 15 is 0 Å². The number of anilines is 1. The molecule has 1 amide bonds. The maximum atomic E-state index is 14.1. The fraction of sp³-hybridized carbons (Fsp3) is 0.438. The lowest BCUT2D eigenvalue weighted by Gasteiger charge is -2.16. The zero-order valence-electron chi connectivity index (χ0n) is 13.6. The first-order chi connectivity index (χ1) is 11.1. The van der Waals surface area contributed by atoms with E-state index in [1.54, 1.807) is 17.0 Å². The fourth-order valence-corrected chi connectivity index (χ4v) is 2.59. The van der Waals surface area contributed by atoms with Crippen molar-refractivity contribution in [3.63, 3.8) is 0 Å². The van der Waals surface area contributed by atoms with Gasteiger partial charge in [-0.1, -0.05) is 5.16 Å². The SMILES string of the molecule is CNC(C)Cc1noc(-c2cc(N3CCCC3=O)ccc2F)n1.Cl. The maximum absolute atomic E-state index is 14.1. The molecule has 130 valence electrons. The van der Waals surface area contributed by atoms with Gasteiger partial charge < -0.3 is 14.7 Å². The molecule has 0 aliphatic carbocycles. The molecule has 1 aromatic heterocycles. The molecule has 1 aliphatic heterocycles. The van der Waals surface area contributed by atoms with Crippen molar-refractivity contribution in [3.8, 4) is 11.5 Å². The Morgan fingerprint density at radius 2 is 2.25 bits per heavy atom. The number of rotatable bonds is 5. The summed E-state index contributed by atoms with van der Waals surface area (Å²) in [5.74, 6) is 0.257. The molecule has 0 radical (unpaired) electrons. The first-order valence-electron chi connectivity index (χ1n) is 7.68. The summed E-state index contributed by atoms with van der Waals surface area (Å²) in [7, 11) is 1.85. The molecule has 1 saturated heterocycles. The third kappa shape index (κ3) is 3.73. The Hall–Kier alpha value is -1.99. The van der Waals surface area contributed by atoms with E-state index in [1.807, 2.05) is 14.0 Å². The lowest BCUT2D eigenvalue weighted by molar-refractivity contribution is -0.117. The summed E-state index contributed by atoms with van der Waals surface area (Å²) < 4.78 is 19.3. The highest BCUT2D eigenvalue weighted by molar-refractivity contribution is 5.95. The van der Waals surface area contributed by atoms with Gasteiger partial charge in [-0.15, -0.1) is 12.4 Å². The molecule has 1 unspecified atom stereocenters. The summed E-state index contributed by atoms with van der Waals surface area (Å²) in [5.41, 5.74) is 0.880. The topological polar surface area (TPSA) is 71.3 Å². The molecular formula is C16H20ClFN4O2. The Morgan fingerprint density at radius 3 is 2.92 bits per heavy atom. The van der Waals surface area contributed by atoms with Gasteiger partial charge in [-0.3, -0.25) is 4.79 Å². The van der Waals surface area contributed by atoms with Gasteiger partial charge in [-0.05, 0) is 38.6 Å². The Kier molecular flexibility index (Phi) is 5.90. The molecule has 1 N–H and O–H groups in total. The van der Waals surface area contributed by atoms with Crippen LogP contribution in [0.4, 0.5) is 10.1 Å². The van der Waals surface area contributed by atoms with Crippen LogP contribution in [0.5, 0.6) is 0 Å². The molecule has 0 bridgehead atoms. The van der Waals surface area contributed by atoms with Crippen molar-refractivity contribution in [2.45, 2.75) is 32.2 Å². The average molecular weight is 355 g/mol. The second-order valence-electron chi connectivity index (χ2n) is 5.72. The number of amides is 1. The molecule has 8 heteroatoms. The van der Waals surface area contributed by atoms with Crippen molar-refractivity contribution in [1.29, 1.82) is 0 Å². The number of nitrogens with zero attached hydrogens (tertiary/aromatic N) is 3. The smallest absolute Gasteiger partial charge is 0.260 e. The second-order valence-corrected chi connectivity index (χ2v) is 5.72. The summed E-state index contributed by atoms with van der Waals surface area (Å²) >= 11 is 0. The van der Waals surface area contributed by atoms with Gasteiger partial charge in [0.05, 0.1) is 5.56 Å². The number of carbonyl (C=O) groups is 1. The van der Waals surface area contributed by atoms with E-state index in [9.17, 15) is 9.18 Å². The maximum Gasteiger partial charge on any atom is 0.260 e. The molecule has 1 aromatic carbocycles. The van der Waals surface area contributed by atoms with E-state index < -0.39 is 5.82 Å². The monoisotopic (exact) mass is 354 g/mol. The zero-order chi connectivity index (χ0) is 16.4. The van der Waals surface area contributed by atoms with Crippen LogP contribution < -0.4 is 10.2 Å². The standard InChI is InChI=1S/C16H19FN4O2.ClH/c1-10(18-2)8-14-19-16(23-20-14)12-9-11(5-6-13(12)17)21-7-3-4-15(21)22;/h5-6,9-10,18H,3-4,7-8H2,1-2H3;1H. The molecule has 0 saturated carbocycles. The predicted octanol–water partition coefficient (Wildman–Crippen LogP) is 2.57. The molecule has 1 aliphatic rings. The van der Waals surface area contributed by atoms with Crippen molar-refractivity contribution < 1.29 is 13.7 Å². The van der Waals surface area contributed by atoms with Crippen LogP contribution in [0.3, 0.4) is 0 Å². The van der Waals surface area contributed by atoms with Gasteiger partial charge in [-0.2, -0.15) is 4.98 Å². The molecule has 2 heterocycles. The predicted molar refractivity (Wildman–Crippen MR) is 90.8 cm³/mol. The average Bonchev–Trinajstić information content (AvgIpc) is 3.17. The number of halogens is 2. The highest BCUT2D eigenvalue weighted by Gasteiger charge is 2.23. The number of hydrogen-bond acceptors (Lipinski definition) is 5. The van der Waals surface area contributed by atoms with Gasteiger partial charge in [0, 0.05) is 31.1 Å². The van der Waals surface area contributed by atoms with E-state index in [0.29, 0.717) is 30.9 Å². The largest absolute Gasteiger partial charge is 0.334 e. The highest BCUT2D eigenvalue weighted by atomic mass is 35.5. The van der Waals surface area contributed by atoms with Gasteiger partial charge in [0.25, 0.3) is 5.89 Å². The zero-order valence-corrected chi connectivity index (χ0v) is 14.4. The lowest BCUT2D eigenvalue weighted by Crippen LogP contribution is -2.24. The molecular weight excluding hydrogens is 335 g/mol. The summed E-state index contributed by atoms with van der Waals surface area (Å²) in [6, 6.07) is 4.72. The molecule has 0 spiro atoms. The van der Waals surface area contributed by atoms with Gasteiger partial charge in [0.2, 0.25) is 5.91 Å². The normalized spacial score (nSPS) is 15.5. The van der Waals surface area contributed by atoms with Crippen molar-refractivity contribution >= 4 is 24.0 Å². The van der Waals surface area contributed by atoms with Gasteiger partial charge >= 0.3 is 0 Å². The second kappa shape index (κ2) is 7.72. The third-order valence-electron chi connectivity index (χ3n) is 4.02. The molecule has 2 aromatic rings. The number of likely N-dealkylation sites (N-methyl/N-ethyl adjacent to an activating group) is 1. The quantitative estimate of drug-likeness (QED) is 0.893. The first-order valence-corrected chi connectivity index (χ1v) is 7.68. The highest BCUT2D eigenvalue weighted by Crippen LogP contribution is 2.29. The minimum Gasteiger partial charge on any atom is -0.334 e. The van der Waals surface area contributed by atoms with Gasteiger partial charge in [-0.25, -0.2) is 4.39 Å². The van der Waals surface area contributed by atoms with Crippen LogP contribution in [-0.2, 0) is 11.2 Å². The number of nitrogens with one attached hydrogen (secondary N) is 1. The molecule has 6 nitrogen and oxygen atoms in total. The Bertz CT molecular complexity index is 722. The lowest BCUT2D eigenvalue weighted by atomic mass is 10.1. The fourth-order valence-electron chi connectivity index (χ4n) is 2.59. The minimum absolute atomic E-state index is 0. The van der Waals surface area contributed by atoms with Crippen LogP contribution in [0.25, 0.3) is 11.5 Å². The van der Waals surface area contributed by atoms with Crippen molar-refractivity contribution in [3.05, 3.63) is 29.8 Å². The summed E-state index contributed by atoms with van der Waals surface area (Å²) in [6.07, 6.45) is 1.93. The molecule has 24 heavy (non-hydrogen) atoms. The molecule has 3 rings (SSSR count). The van der Waals surface area contributed by atoms with Crippen molar-refractivity contribution in [2.24, 2.45) is 0 Å². The Labute approximate surface area is 145 Å². The van der Waals surface area contributed by atoms with Crippen molar-refractivity contribution in [2.75, 3.05) is 18.5 Å². The van der Waals surface area contributed by atoms with E-state index in [4.69, 9.17) is 4.52 Å². The first kappa shape index (κ1) is 18.4. The third-order valence-corrected chi connectivity index (χ3v) is 4.02. The number of carbonyl (C=O) groups excluding carboxylic acids is 1. The number of aromatic nitrogens is 2. The van der Waals surface area contributed by atoms with E-state index in [-0.39, 0.29) is 35.8 Å². The minimum atomic E-state index is -0.447. The van der Waals surface area contributed by atoms with Gasteiger partial charge in [0.15, 0.2) is 5.82 Å². The van der Waals surface area contributed by atoms with Crippen LogP contribution in [0, 0.1) is 5.82 Å².